The zero-order valence-corrected chi connectivity index (χ0v) is 16.6. The maximum absolute atomic E-state index is 13.0. The van der Waals surface area contributed by atoms with Crippen LogP contribution in [0.15, 0.2) is 71.4 Å². The van der Waals surface area contributed by atoms with Crippen molar-refractivity contribution in [2.75, 3.05) is 6.61 Å². The number of halogens is 3. The Morgan fingerprint density at radius 3 is 2.65 bits per heavy atom. The van der Waals surface area contributed by atoms with E-state index in [1.54, 1.807) is 49.6 Å². The van der Waals surface area contributed by atoms with E-state index >= 15 is 0 Å². The monoisotopic (exact) mass is 425 g/mol. The third-order valence-corrected chi connectivity index (χ3v) is 4.79. The van der Waals surface area contributed by atoms with E-state index in [1.807, 2.05) is 6.07 Å². The van der Waals surface area contributed by atoms with Crippen molar-refractivity contribution >= 4 is 16.9 Å². The number of rotatable bonds is 5. The first-order chi connectivity index (χ1) is 14.8. The highest BCUT2D eigenvalue weighted by molar-refractivity contribution is 5.95. The van der Waals surface area contributed by atoms with Crippen LogP contribution < -0.4 is 0 Å². The fourth-order valence-electron chi connectivity index (χ4n) is 3.40. The van der Waals surface area contributed by atoms with Gasteiger partial charge in [-0.25, -0.2) is 4.79 Å². The maximum Gasteiger partial charge on any atom is 0.416 e. The molecule has 2 heterocycles. The summed E-state index contributed by atoms with van der Waals surface area (Å²) in [5, 5.41) is 0.723. The number of pyridine rings is 1. The lowest BCUT2D eigenvalue weighted by molar-refractivity contribution is -0.137. The lowest BCUT2D eigenvalue weighted by atomic mass is 10.0. The minimum atomic E-state index is -4.40. The van der Waals surface area contributed by atoms with Crippen molar-refractivity contribution in [1.29, 1.82) is 0 Å². The number of aromatic nitrogens is 1. The van der Waals surface area contributed by atoms with Crippen molar-refractivity contribution in [3.8, 4) is 11.1 Å². The normalized spacial score (nSPS) is 11.6. The Hall–Kier alpha value is -3.61. The fraction of sp³-hybridized carbons (Fsp3) is 0.167. The predicted molar refractivity (Wildman–Crippen MR) is 110 cm³/mol. The number of fused-ring (bicyclic) bond motifs is 1. The Balaban J connectivity index is 1.69. The molecular weight excluding hydrogens is 407 g/mol. The van der Waals surface area contributed by atoms with Crippen LogP contribution in [0.25, 0.3) is 22.1 Å². The highest BCUT2D eigenvalue weighted by Gasteiger charge is 2.30. The van der Waals surface area contributed by atoms with Gasteiger partial charge in [0, 0.05) is 29.8 Å². The predicted octanol–water partition coefficient (Wildman–Crippen LogP) is 6.28. The third-order valence-electron chi connectivity index (χ3n) is 4.79. The van der Waals surface area contributed by atoms with Crippen molar-refractivity contribution in [3.05, 3.63) is 89.4 Å². The van der Waals surface area contributed by atoms with Gasteiger partial charge in [-0.3, -0.25) is 4.98 Å². The van der Waals surface area contributed by atoms with Gasteiger partial charge in [-0.05, 0) is 42.3 Å². The highest BCUT2D eigenvalue weighted by Crippen LogP contribution is 2.33. The number of benzene rings is 2. The van der Waals surface area contributed by atoms with E-state index in [0.29, 0.717) is 28.0 Å². The second-order valence-electron chi connectivity index (χ2n) is 6.99. The van der Waals surface area contributed by atoms with E-state index in [4.69, 9.17) is 9.15 Å². The molecule has 4 nitrogen and oxygen atoms in total. The molecule has 0 saturated carbocycles. The number of alkyl halides is 3. The molecule has 0 amide bonds. The highest BCUT2D eigenvalue weighted by atomic mass is 19.4. The summed E-state index contributed by atoms with van der Waals surface area (Å²) in [6.45, 7) is 2.01. The van der Waals surface area contributed by atoms with Crippen LogP contribution in [0.3, 0.4) is 0 Å². The number of carbonyl (C=O) groups is 1. The molecule has 0 atom stereocenters. The molecule has 0 N–H and O–H groups in total. The van der Waals surface area contributed by atoms with E-state index in [2.05, 4.69) is 4.98 Å². The molecule has 31 heavy (non-hydrogen) atoms. The number of ether oxygens (including phenoxy) is 1. The average molecular weight is 425 g/mol. The number of furan rings is 1. The molecule has 7 heteroatoms. The quantitative estimate of drug-likeness (QED) is 0.353. The number of esters is 1. The van der Waals surface area contributed by atoms with Crippen LogP contribution in [-0.4, -0.2) is 17.6 Å². The second-order valence-corrected chi connectivity index (χ2v) is 6.99. The second kappa shape index (κ2) is 8.26. The van der Waals surface area contributed by atoms with Crippen molar-refractivity contribution < 1.29 is 27.1 Å². The summed E-state index contributed by atoms with van der Waals surface area (Å²) in [6.07, 6.45) is -0.927. The summed E-state index contributed by atoms with van der Waals surface area (Å²) in [5.74, 6) is 0.0966. The Kier molecular flexibility index (Phi) is 5.50. The van der Waals surface area contributed by atoms with Gasteiger partial charge in [-0.15, -0.1) is 0 Å². The average Bonchev–Trinajstić information content (AvgIpc) is 3.16. The number of hydrogen-bond acceptors (Lipinski definition) is 4. The summed E-state index contributed by atoms with van der Waals surface area (Å²) < 4.78 is 50.0. The van der Waals surface area contributed by atoms with Gasteiger partial charge in [0.15, 0.2) is 0 Å². The summed E-state index contributed by atoms with van der Waals surface area (Å²) in [6, 6.07) is 13.9. The summed E-state index contributed by atoms with van der Waals surface area (Å²) in [7, 11) is 0. The topological polar surface area (TPSA) is 52.3 Å². The molecule has 0 saturated heterocycles. The van der Waals surface area contributed by atoms with Crippen molar-refractivity contribution in [2.45, 2.75) is 19.5 Å². The van der Waals surface area contributed by atoms with E-state index in [9.17, 15) is 18.0 Å². The van der Waals surface area contributed by atoms with Gasteiger partial charge in [0.05, 0.1) is 17.7 Å². The number of nitrogens with zero attached hydrogens (tertiary/aromatic N) is 1. The van der Waals surface area contributed by atoms with Crippen LogP contribution >= 0.6 is 0 Å². The molecule has 4 rings (SSSR count). The Labute approximate surface area is 176 Å². The maximum atomic E-state index is 13.0. The Bertz CT molecular complexity index is 1240. The third kappa shape index (κ3) is 4.45. The lowest BCUT2D eigenvalue weighted by Crippen LogP contribution is -2.05. The molecule has 158 valence electrons. The number of carbonyl (C=O) groups excluding carboxylic acids is 1. The van der Waals surface area contributed by atoms with Crippen molar-refractivity contribution in [3.63, 3.8) is 0 Å². The molecule has 0 aliphatic carbocycles. The van der Waals surface area contributed by atoms with Crippen LogP contribution in [0.1, 0.15) is 34.2 Å². The van der Waals surface area contributed by atoms with Crippen molar-refractivity contribution in [2.24, 2.45) is 0 Å². The lowest BCUT2D eigenvalue weighted by Gasteiger charge is -2.08. The fourth-order valence-corrected chi connectivity index (χ4v) is 3.40. The first-order valence-electron chi connectivity index (χ1n) is 9.65. The number of hydrogen-bond donors (Lipinski definition) is 0. The SMILES string of the molecule is CCOC(=O)c1cccc(-c2cncc3cc(Cc4cccc(C(F)(F)F)c4)oc23)c1. The van der Waals surface area contributed by atoms with Crippen molar-refractivity contribution in [1.82, 2.24) is 4.98 Å². The molecule has 0 fully saturated rings. The largest absolute Gasteiger partial charge is 0.462 e. The van der Waals surface area contributed by atoms with Crippen LogP contribution in [0.5, 0.6) is 0 Å². The molecule has 2 aromatic carbocycles. The smallest absolute Gasteiger partial charge is 0.416 e. The van der Waals surface area contributed by atoms with Crippen LogP contribution in [0, 0.1) is 0 Å². The zero-order valence-electron chi connectivity index (χ0n) is 16.6. The minimum Gasteiger partial charge on any atom is -0.462 e. The molecule has 0 bridgehead atoms. The van der Waals surface area contributed by atoms with Crippen LogP contribution in [-0.2, 0) is 17.3 Å². The first-order valence-corrected chi connectivity index (χ1v) is 9.65. The molecule has 2 aromatic heterocycles. The summed E-state index contributed by atoms with van der Waals surface area (Å²) in [5.41, 5.74) is 2.17. The van der Waals surface area contributed by atoms with Crippen LogP contribution in [0.2, 0.25) is 0 Å². The summed E-state index contributed by atoms with van der Waals surface area (Å²) >= 11 is 0. The molecule has 4 aromatic rings. The Morgan fingerprint density at radius 2 is 1.87 bits per heavy atom. The van der Waals surface area contributed by atoms with Gasteiger partial charge < -0.3 is 9.15 Å². The summed E-state index contributed by atoms with van der Waals surface area (Å²) in [4.78, 5) is 16.3. The molecule has 0 radical (unpaired) electrons. The van der Waals surface area contributed by atoms with E-state index < -0.39 is 17.7 Å². The van der Waals surface area contributed by atoms with Crippen LogP contribution in [0.4, 0.5) is 13.2 Å². The van der Waals surface area contributed by atoms with E-state index in [0.717, 1.165) is 23.1 Å². The Morgan fingerprint density at radius 1 is 1.06 bits per heavy atom. The molecule has 0 spiro atoms. The van der Waals surface area contributed by atoms with E-state index in [1.165, 1.54) is 6.07 Å². The van der Waals surface area contributed by atoms with Gasteiger partial charge in [0.25, 0.3) is 0 Å². The molecule has 0 aliphatic rings. The first kappa shape index (κ1) is 20.7. The van der Waals surface area contributed by atoms with Gasteiger partial charge in [-0.2, -0.15) is 13.2 Å². The minimum absolute atomic E-state index is 0.209. The van der Waals surface area contributed by atoms with Gasteiger partial charge in [-0.1, -0.05) is 30.3 Å². The van der Waals surface area contributed by atoms with Gasteiger partial charge in [0.2, 0.25) is 0 Å². The van der Waals surface area contributed by atoms with E-state index in [-0.39, 0.29) is 13.0 Å². The molecule has 0 aliphatic heterocycles. The van der Waals surface area contributed by atoms with Gasteiger partial charge >= 0.3 is 12.1 Å². The zero-order chi connectivity index (χ0) is 22.0. The molecule has 0 unspecified atom stereocenters. The standard InChI is InChI=1S/C24H18F3NO3/c1-2-30-23(29)17-7-4-6-16(11-17)21-14-28-13-18-12-20(31-22(18)21)10-15-5-3-8-19(9-15)24(25,26)27/h3-9,11-14H,2,10H2,1H3. The molecular formula is C24H18F3NO3. The van der Waals surface area contributed by atoms with Gasteiger partial charge in [0.1, 0.15) is 11.3 Å².